The van der Waals surface area contributed by atoms with Gasteiger partial charge in [0, 0.05) is 26.4 Å². The van der Waals surface area contributed by atoms with Crippen LogP contribution in [0.1, 0.15) is 67.2 Å². The van der Waals surface area contributed by atoms with Gasteiger partial charge in [0.05, 0.1) is 11.2 Å². The summed E-state index contributed by atoms with van der Waals surface area (Å²) in [5, 5.41) is 0. The van der Waals surface area contributed by atoms with E-state index in [1.54, 1.807) is 0 Å². The maximum Gasteiger partial charge on any atom is 0.0598 e. The highest BCUT2D eigenvalue weighted by Crippen LogP contribution is 2.08. The molecule has 0 aromatic carbocycles. The molecule has 0 aromatic heterocycles. The number of hydrogen-bond donors (Lipinski definition) is 0. The first-order valence-corrected chi connectivity index (χ1v) is 7.56. The highest BCUT2D eigenvalue weighted by Gasteiger charge is 2.09. The molecule has 0 amide bonds. The second-order valence-corrected chi connectivity index (χ2v) is 6.95. The number of ether oxygens (including phenoxy) is 3. The van der Waals surface area contributed by atoms with Crippen molar-refractivity contribution in [2.75, 3.05) is 26.4 Å². The highest BCUT2D eigenvalue weighted by molar-refractivity contribution is 4.59. The lowest BCUT2D eigenvalue weighted by molar-refractivity contribution is -0.0101. The summed E-state index contributed by atoms with van der Waals surface area (Å²) in [4.78, 5) is 0. The third kappa shape index (κ3) is 17.9. The van der Waals surface area contributed by atoms with Crippen LogP contribution in [-0.2, 0) is 14.2 Å². The van der Waals surface area contributed by atoms with Gasteiger partial charge in [-0.3, -0.25) is 0 Å². The predicted octanol–water partition coefficient (Wildman–Crippen LogP) is 4.19. The summed E-state index contributed by atoms with van der Waals surface area (Å²) in [6.45, 7) is 15.9. The van der Waals surface area contributed by atoms with E-state index >= 15 is 0 Å². The van der Waals surface area contributed by atoms with E-state index in [1.807, 2.05) is 0 Å². The summed E-state index contributed by atoms with van der Waals surface area (Å²) in [5.74, 6) is 0. The van der Waals surface area contributed by atoms with Crippen molar-refractivity contribution in [2.45, 2.75) is 78.4 Å². The van der Waals surface area contributed by atoms with Crippen LogP contribution in [0.3, 0.4) is 0 Å². The van der Waals surface area contributed by atoms with Gasteiger partial charge in [-0.15, -0.1) is 0 Å². The normalized spacial score (nSPS) is 12.9. The van der Waals surface area contributed by atoms with Gasteiger partial charge >= 0.3 is 0 Å². The molecule has 0 fully saturated rings. The summed E-state index contributed by atoms with van der Waals surface area (Å²) in [7, 11) is 0. The second kappa shape index (κ2) is 9.73. The zero-order chi connectivity index (χ0) is 14.8. The van der Waals surface area contributed by atoms with E-state index in [4.69, 9.17) is 14.2 Å². The number of hydrogen-bond acceptors (Lipinski definition) is 3. The number of rotatable bonds is 10. The van der Waals surface area contributed by atoms with Crippen LogP contribution in [0.15, 0.2) is 0 Å². The van der Waals surface area contributed by atoms with Gasteiger partial charge in [-0.25, -0.2) is 0 Å². The van der Waals surface area contributed by atoms with Crippen LogP contribution in [0.5, 0.6) is 0 Å². The molecule has 0 N–H and O–H groups in total. The molecule has 0 saturated carbocycles. The van der Waals surface area contributed by atoms with Crippen molar-refractivity contribution >= 4 is 0 Å². The smallest absolute Gasteiger partial charge is 0.0598 e. The summed E-state index contributed by atoms with van der Waals surface area (Å²) in [6.07, 6.45) is 4.30. The Hall–Kier alpha value is -0.120. The maximum absolute atomic E-state index is 5.65. The maximum atomic E-state index is 5.65. The van der Waals surface area contributed by atoms with E-state index in [9.17, 15) is 0 Å². The van der Waals surface area contributed by atoms with Gasteiger partial charge in [-0.05, 0) is 67.2 Å². The first-order valence-electron chi connectivity index (χ1n) is 7.56. The first-order chi connectivity index (χ1) is 8.71. The molecule has 3 nitrogen and oxygen atoms in total. The summed E-state index contributed by atoms with van der Waals surface area (Å²) < 4.78 is 16.9. The SMILES string of the molecule is CC(C)(C)OCCCCOCCCCOC(C)(C)C. The van der Waals surface area contributed by atoms with E-state index in [0.717, 1.165) is 52.1 Å². The molecule has 0 aliphatic heterocycles. The standard InChI is InChI=1S/C16H34O3/c1-15(2,3)18-13-9-7-11-17-12-8-10-14-19-16(4,5)6/h7-14H2,1-6H3. The molecule has 0 spiro atoms. The van der Waals surface area contributed by atoms with Gasteiger partial charge in [-0.2, -0.15) is 0 Å². The Balaban J connectivity index is 3.12. The molecule has 0 rings (SSSR count). The van der Waals surface area contributed by atoms with Crippen molar-refractivity contribution in [2.24, 2.45) is 0 Å². The van der Waals surface area contributed by atoms with Gasteiger partial charge in [0.2, 0.25) is 0 Å². The summed E-state index contributed by atoms with van der Waals surface area (Å²) >= 11 is 0. The van der Waals surface area contributed by atoms with Crippen LogP contribution in [0, 0.1) is 0 Å². The van der Waals surface area contributed by atoms with Crippen LogP contribution in [0.4, 0.5) is 0 Å². The molecule has 0 aliphatic rings. The van der Waals surface area contributed by atoms with Crippen molar-refractivity contribution in [3.8, 4) is 0 Å². The zero-order valence-electron chi connectivity index (χ0n) is 13.9. The topological polar surface area (TPSA) is 27.7 Å². The van der Waals surface area contributed by atoms with Crippen LogP contribution < -0.4 is 0 Å². The monoisotopic (exact) mass is 274 g/mol. The molecule has 0 aromatic rings. The third-order valence-electron chi connectivity index (χ3n) is 2.44. The Morgan fingerprint density at radius 3 is 1.16 bits per heavy atom. The summed E-state index contributed by atoms with van der Waals surface area (Å²) in [6, 6.07) is 0. The molecule has 0 bridgehead atoms. The Morgan fingerprint density at radius 1 is 0.526 bits per heavy atom. The van der Waals surface area contributed by atoms with Crippen LogP contribution in [0.2, 0.25) is 0 Å². The average molecular weight is 274 g/mol. The van der Waals surface area contributed by atoms with E-state index in [-0.39, 0.29) is 11.2 Å². The van der Waals surface area contributed by atoms with E-state index in [0.29, 0.717) is 0 Å². The largest absolute Gasteiger partial charge is 0.381 e. The van der Waals surface area contributed by atoms with Crippen molar-refractivity contribution in [3.63, 3.8) is 0 Å². The molecule has 0 atom stereocenters. The fourth-order valence-electron chi connectivity index (χ4n) is 1.47. The van der Waals surface area contributed by atoms with Crippen LogP contribution >= 0.6 is 0 Å². The minimum absolute atomic E-state index is 0.0199. The first kappa shape index (κ1) is 18.9. The van der Waals surface area contributed by atoms with Crippen molar-refractivity contribution in [1.82, 2.24) is 0 Å². The molecule has 3 heteroatoms. The van der Waals surface area contributed by atoms with Gasteiger partial charge in [0.15, 0.2) is 0 Å². The Kier molecular flexibility index (Phi) is 9.67. The van der Waals surface area contributed by atoms with E-state index in [1.165, 1.54) is 0 Å². The minimum Gasteiger partial charge on any atom is -0.381 e. The van der Waals surface area contributed by atoms with Crippen LogP contribution in [-0.4, -0.2) is 37.6 Å². The lowest BCUT2D eigenvalue weighted by Gasteiger charge is -2.19. The van der Waals surface area contributed by atoms with E-state index < -0.39 is 0 Å². The predicted molar refractivity (Wildman–Crippen MR) is 80.7 cm³/mol. The highest BCUT2D eigenvalue weighted by atomic mass is 16.5. The van der Waals surface area contributed by atoms with Crippen molar-refractivity contribution in [1.29, 1.82) is 0 Å². The third-order valence-corrected chi connectivity index (χ3v) is 2.44. The molecule has 0 saturated heterocycles. The zero-order valence-corrected chi connectivity index (χ0v) is 13.9. The second-order valence-electron chi connectivity index (χ2n) is 6.95. The molecular formula is C16H34O3. The summed E-state index contributed by atoms with van der Waals surface area (Å²) in [5.41, 5.74) is -0.0399. The Morgan fingerprint density at radius 2 is 0.842 bits per heavy atom. The minimum atomic E-state index is -0.0199. The van der Waals surface area contributed by atoms with Crippen molar-refractivity contribution in [3.05, 3.63) is 0 Å². The van der Waals surface area contributed by atoms with Gasteiger partial charge in [-0.1, -0.05) is 0 Å². The Labute approximate surface area is 120 Å². The van der Waals surface area contributed by atoms with Gasteiger partial charge in [0.1, 0.15) is 0 Å². The van der Waals surface area contributed by atoms with Gasteiger partial charge in [0.25, 0.3) is 0 Å². The van der Waals surface area contributed by atoms with Crippen LogP contribution in [0.25, 0.3) is 0 Å². The number of unbranched alkanes of at least 4 members (excludes halogenated alkanes) is 2. The quantitative estimate of drug-likeness (QED) is 0.559. The molecule has 116 valence electrons. The Bertz CT molecular complexity index is 179. The molecule has 0 unspecified atom stereocenters. The molecular weight excluding hydrogens is 240 g/mol. The lowest BCUT2D eigenvalue weighted by Crippen LogP contribution is -2.20. The fourth-order valence-corrected chi connectivity index (χ4v) is 1.47. The molecule has 0 radical (unpaired) electrons. The van der Waals surface area contributed by atoms with E-state index in [2.05, 4.69) is 41.5 Å². The van der Waals surface area contributed by atoms with Gasteiger partial charge < -0.3 is 14.2 Å². The molecule has 19 heavy (non-hydrogen) atoms. The average Bonchev–Trinajstić information content (AvgIpc) is 2.22. The lowest BCUT2D eigenvalue weighted by atomic mass is 10.2. The van der Waals surface area contributed by atoms with Crippen molar-refractivity contribution < 1.29 is 14.2 Å². The molecule has 0 heterocycles. The molecule has 0 aliphatic carbocycles. The fraction of sp³-hybridized carbons (Fsp3) is 1.00.